The van der Waals surface area contributed by atoms with Gasteiger partial charge in [0.25, 0.3) is 0 Å². The molecule has 1 N–H and O–H groups in total. The highest BCUT2D eigenvalue weighted by Gasteiger charge is 2.34. The largest absolute Gasteiger partial charge is 0.396 e. The zero-order valence-corrected chi connectivity index (χ0v) is 10.9. The molecule has 0 radical (unpaired) electrons. The molecule has 1 aromatic rings. The molecule has 4 heteroatoms. The smallest absolute Gasteiger partial charge is 0.0534 e. The van der Waals surface area contributed by atoms with Crippen LogP contribution in [-0.4, -0.2) is 40.0 Å². The molecule has 1 heterocycles. The van der Waals surface area contributed by atoms with Crippen LogP contribution in [-0.2, 0) is 13.6 Å². The summed E-state index contributed by atoms with van der Waals surface area (Å²) in [4.78, 5) is 2.30. The van der Waals surface area contributed by atoms with E-state index in [4.69, 9.17) is 0 Å². The molecule has 96 valence electrons. The van der Waals surface area contributed by atoms with Crippen molar-refractivity contribution in [3.63, 3.8) is 0 Å². The van der Waals surface area contributed by atoms with Gasteiger partial charge in [0.05, 0.1) is 6.20 Å². The summed E-state index contributed by atoms with van der Waals surface area (Å²) in [5.74, 6) is 0. The third kappa shape index (κ3) is 3.07. The summed E-state index contributed by atoms with van der Waals surface area (Å²) in [6.45, 7) is 2.22. The van der Waals surface area contributed by atoms with Crippen molar-refractivity contribution in [2.75, 3.05) is 20.2 Å². The molecular weight excluding hydrogens is 214 g/mol. The van der Waals surface area contributed by atoms with Crippen LogP contribution in [0.2, 0.25) is 0 Å². The van der Waals surface area contributed by atoms with Crippen LogP contribution in [0.5, 0.6) is 0 Å². The normalized spacial score (nSPS) is 19.1. The van der Waals surface area contributed by atoms with Gasteiger partial charge in [0.2, 0.25) is 0 Å². The molecule has 0 amide bonds. The van der Waals surface area contributed by atoms with E-state index in [0.717, 1.165) is 13.1 Å². The summed E-state index contributed by atoms with van der Waals surface area (Å²) in [6.07, 6.45) is 8.83. The Hall–Kier alpha value is -0.870. The fourth-order valence-corrected chi connectivity index (χ4v) is 2.98. The van der Waals surface area contributed by atoms with Gasteiger partial charge in [-0.05, 0) is 19.9 Å². The van der Waals surface area contributed by atoms with E-state index in [1.807, 2.05) is 17.9 Å². The maximum Gasteiger partial charge on any atom is 0.0534 e. The lowest BCUT2D eigenvalue weighted by Gasteiger charge is -2.31. The van der Waals surface area contributed by atoms with E-state index in [9.17, 15) is 5.11 Å². The van der Waals surface area contributed by atoms with Gasteiger partial charge in [-0.25, -0.2) is 0 Å². The van der Waals surface area contributed by atoms with E-state index < -0.39 is 0 Å². The molecule has 1 saturated carbocycles. The molecule has 0 saturated heterocycles. The summed E-state index contributed by atoms with van der Waals surface area (Å²) in [6, 6.07) is 0. The van der Waals surface area contributed by atoms with Gasteiger partial charge in [-0.3, -0.25) is 4.68 Å². The van der Waals surface area contributed by atoms with Crippen molar-refractivity contribution in [3.05, 3.63) is 18.0 Å². The second-order valence-corrected chi connectivity index (χ2v) is 5.56. The lowest BCUT2D eigenvalue weighted by molar-refractivity contribution is 0.0864. The number of nitrogens with zero attached hydrogens (tertiary/aromatic N) is 3. The van der Waals surface area contributed by atoms with Crippen molar-refractivity contribution in [2.24, 2.45) is 12.5 Å². The molecule has 1 aliphatic carbocycles. The molecule has 1 fully saturated rings. The van der Waals surface area contributed by atoms with Crippen molar-refractivity contribution in [2.45, 2.75) is 32.2 Å². The Kier molecular flexibility index (Phi) is 3.84. The van der Waals surface area contributed by atoms with Gasteiger partial charge in [0.15, 0.2) is 0 Å². The van der Waals surface area contributed by atoms with E-state index in [0.29, 0.717) is 6.61 Å². The zero-order chi connectivity index (χ0) is 12.3. The van der Waals surface area contributed by atoms with Crippen molar-refractivity contribution >= 4 is 0 Å². The van der Waals surface area contributed by atoms with E-state index in [1.54, 1.807) is 0 Å². The standard InChI is InChI=1S/C13H23N3O/c1-15(8-12-7-14-16(2)9-12)10-13(11-17)5-3-4-6-13/h7,9,17H,3-6,8,10-11H2,1-2H3. The van der Waals surface area contributed by atoms with Gasteiger partial charge in [0, 0.05) is 43.9 Å². The predicted octanol–water partition coefficient (Wildman–Crippen LogP) is 1.40. The number of hydrogen-bond donors (Lipinski definition) is 1. The second kappa shape index (κ2) is 5.19. The molecule has 0 bridgehead atoms. The number of aliphatic hydroxyl groups excluding tert-OH is 1. The first-order valence-electron chi connectivity index (χ1n) is 6.40. The van der Waals surface area contributed by atoms with Crippen LogP contribution < -0.4 is 0 Å². The molecule has 0 spiro atoms. The molecule has 1 aliphatic rings. The predicted molar refractivity (Wildman–Crippen MR) is 67.5 cm³/mol. The molecular formula is C13H23N3O. The Morgan fingerprint density at radius 1 is 1.47 bits per heavy atom. The lowest BCUT2D eigenvalue weighted by Crippen LogP contribution is -2.36. The fraction of sp³-hybridized carbons (Fsp3) is 0.769. The third-order valence-corrected chi connectivity index (χ3v) is 3.82. The summed E-state index contributed by atoms with van der Waals surface area (Å²) >= 11 is 0. The first-order valence-corrected chi connectivity index (χ1v) is 6.40. The summed E-state index contributed by atoms with van der Waals surface area (Å²) in [7, 11) is 4.07. The highest BCUT2D eigenvalue weighted by molar-refractivity contribution is 5.03. The average molecular weight is 237 g/mol. The highest BCUT2D eigenvalue weighted by Crippen LogP contribution is 2.38. The minimum atomic E-state index is 0.150. The maximum atomic E-state index is 9.59. The molecule has 1 aromatic heterocycles. The minimum absolute atomic E-state index is 0.150. The first-order chi connectivity index (χ1) is 8.13. The summed E-state index contributed by atoms with van der Waals surface area (Å²) in [5, 5.41) is 13.8. The van der Waals surface area contributed by atoms with E-state index in [2.05, 4.69) is 23.2 Å². The molecule has 4 nitrogen and oxygen atoms in total. The van der Waals surface area contributed by atoms with Gasteiger partial charge < -0.3 is 10.0 Å². The lowest BCUT2D eigenvalue weighted by atomic mass is 9.86. The van der Waals surface area contributed by atoms with Gasteiger partial charge in [0.1, 0.15) is 0 Å². The van der Waals surface area contributed by atoms with E-state index >= 15 is 0 Å². The SMILES string of the molecule is CN(Cc1cnn(C)c1)CC1(CO)CCCC1. The Bertz CT molecular complexity index is 355. The van der Waals surface area contributed by atoms with Gasteiger partial charge >= 0.3 is 0 Å². The summed E-state index contributed by atoms with van der Waals surface area (Å²) < 4.78 is 1.83. The Balaban J connectivity index is 1.90. The first kappa shape index (κ1) is 12.6. The summed E-state index contributed by atoms with van der Waals surface area (Å²) in [5.41, 5.74) is 1.39. The van der Waals surface area contributed by atoms with Crippen LogP contribution in [0.25, 0.3) is 0 Å². The van der Waals surface area contributed by atoms with Crippen LogP contribution >= 0.6 is 0 Å². The van der Waals surface area contributed by atoms with Crippen LogP contribution in [0, 0.1) is 5.41 Å². The van der Waals surface area contributed by atoms with E-state index in [-0.39, 0.29) is 5.41 Å². The van der Waals surface area contributed by atoms with Gasteiger partial charge in [-0.1, -0.05) is 12.8 Å². The number of aliphatic hydroxyl groups is 1. The Labute approximate surface area is 103 Å². The van der Waals surface area contributed by atoms with Crippen molar-refractivity contribution in [3.8, 4) is 0 Å². The second-order valence-electron chi connectivity index (χ2n) is 5.56. The molecule has 17 heavy (non-hydrogen) atoms. The van der Waals surface area contributed by atoms with Crippen molar-refractivity contribution in [1.82, 2.24) is 14.7 Å². The quantitative estimate of drug-likeness (QED) is 0.841. The number of hydrogen-bond acceptors (Lipinski definition) is 3. The number of aromatic nitrogens is 2. The molecule has 0 aliphatic heterocycles. The van der Waals surface area contributed by atoms with Gasteiger partial charge in [-0.15, -0.1) is 0 Å². The minimum Gasteiger partial charge on any atom is -0.396 e. The van der Waals surface area contributed by atoms with Gasteiger partial charge in [-0.2, -0.15) is 5.10 Å². The molecule has 0 unspecified atom stereocenters. The van der Waals surface area contributed by atoms with Crippen LogP contribution in [0.1, 0.15) is 31.2 Å². The van der Waals surface area contributed by atoms with Crippen molar-refractivity contribution < 1.29 is 5.11 Å². The zero-order valence-electron chi connectivity index (χ0n) is 10.9. The number of aryl methyl sites for hydroxylation is 1. The fourth-order valence-electron chi connectivity index (χ4n) is 2.98. The third-order valence-electron chi connectivity index (χ3n) is 3.82. The van der Waals surface area contributed by atoms with Crippen LogP contribution in [0.15, 0.2) is 12.4 Å². The Morgan fingerprint density at radius 2 is 2.18 bits per heavy atom. The van der Waals surface area contributed by atoms with E-state index in [1.165, 1.54) is 31.2 Å². The molecule has 0 aromatic carbocycles. The van der Waals surface area contributed by atoms with Crippen molar-refractivity contribution in [1.29, 1.82) is 0 Å². The Morgan fingerprint density at radius 3 is 2.71 bits per heavy atom. The molecule has 0 atom stereocenters. The average Bonchev–Trinajstić information content (AvgIpc) is 2.89. The monoisotopic (exact) mass is 237 g/mol. The topological polar surface area (TPSA) is 41.3 Å². The van der Waals surface area contributed by atoms with Crippen LogP contribution in [0.4, 0.5) is 0 Å². The molecule has 2 rings (SSSR count). The maximum absolute atomic E-state index is 9.59. The highest BCUT2D eigenvalue weighted by atomic mass is 16.3. The number of rotatable bonds is 5. The van der Waals surface area contributed by atoms with Crippen LogP contribution in [0.3, 0.4) is 0 Å².